The first-order chi connectivity index (χ1) is 11.8. The third-order valence-corrected chi connectivity index (χ3v) is 5.26. The van der Waals surface area contributed by atoms with Crippen molar-refractivity contribution in [3.05, 3.63) is 64.6 Å². The molecule has 25 heavy (non-hydrogen) atoms. The molecule has 2 heterocycles. The van der Waals surface area contributed by atoms with Gasteiger partial charge in [0.1, 0.15) is 16.7 Å². The molecule has 1 N–H and O–H groups in total. The fourth-order valence-corrected chi connectivity index (χ4v) is 3.88. The van der Waals surface area contributed by atoms with Gasteiger partial charge in [-0.3, -0.25) is 18.7 Å². The highest BCUT2D eigenvalue weighted by Crippen LogP contribution is 2.27. The van der Waals surface area contributed by atoms with Gasteiger partial charge < -0.3 is 5.11 Å². The van der Waals surface area contributed by atoms with E-state index in [1.165, 1.54) is 17.5 Å². The zero-order valence-electron chi connectivity index (χ0n) is 12.3. The fourth-order valence-electron chi connectivity index (χ4n) is 2.45. The molecule has 0 aliphatic carbocycles. The van der Waals surface area contributed by atoms with Crippen LogP contribution in [0.3, 0.4) is 0 Å². The highest BCUT2D eigenvalue weighted by molar-refractivity contribution is 9.10. The number of aliphatic carboxylic acids is 1. The molecule has 6 nitrogen and oxygen atoms in total. The molecule has 0 atom stereocenters. The Labute approximate surface area is 156 Å². The van der Waals surface area contributed by atoms with Crippen molar-refractivity contribution < 1.29 is 14.3 Å². The zero-order valence-corrected chi connectivity index (χ0v) is 15.5. The van der Waals surface area contributed by atoms with Gasteiger partial charge in [-0.25, -0.2) is 9.18 Å². The average molecular weight is 448 g/mol. The second-order valence-electron chi connectivity index (χ2n) is 5.16. The number of benzene rings is 1. The van der Waals surface area contributed by atoms with Crippen LogP contribution in [0.2, 0.25) is 4.34 Å². The van der Waals surface area contributed by atoms with Crippen LogP contribution >= 0.6 is 38.9 Å². The summed E-state index contributed by atoms with van der Waals surface area (Å²) in [7, 11) is 0. The Hall–Kier alpha value is -1.97. The van der Waals surface area contributed by atoms with Gasteiger partial charge in [0, 0.05) is 15.4 Å². The lowest BCUT2D eigenvalue weighted by Crippen LogP contribution is -2.41. The van der Waals surface area contributed by atoms with Crippen molar-refractivity contribution in [2.75, 3.05) is 0 Å². The first-order valence-corrected chi connectivity index (χ1v) is 8.90. The Morgan fingerprint density at radius 2 is 2.04 bits per heavy atom. The number of hydrogen-bond acceptors (Lipinski definition) is 4. The van der Waals surface area contributed by atoms with Crippen molar-refractivity contribution in [3.63, 3.8) is 0 Å². The van der Waals surface area contributed by atoms with E-state index in [1.54, 1.807) is 6.07 Å². The van der Waals surface area contributed by atoms with Gasteiger partial charge >= 0.3 is 11.7 Å². The highest BCUT2D eigenvalue weighted by Gasteiger charge is 2.19. The van der Waals surface area contributed by atoms with Crippen molar-refractivity contribution in [3.8, 4) is 0 Å². The number of thiophene rings is 1. The molecule has 0 bridgehead atoms. The summed E-state index contributed by atoms with van der Waals surface area (Å²) in [5.74, 6) is -1.85. The first-order valence-electron chi connectivity index (χ1n) is 6.85. The molecule has 0 aliphatic heterocycles. The van der Waals surface area contributed by atoms with E-state index in [4.69, 9.17) is 16.7 Å². The number of carbonyl (C=O) groups is 1. The molecule has 0 fully saturated rings. The molecule has 1 aromatic carbocycles. The predicted molar refractivity (Wildman–Crippen MR) is 96.2 cm³/mol. The minimum atomic E-state index is -1.26. The van der Waals surface area contributed by atoms with Crippen molar-refractivity contribution in [1.29, 1.82) is 0 Å². The molecular formula is C15H9BrClFN2O4S. The van der Waals surface area contributed by atoms with Gasteiger partial charge in [0.05, 0.1) is 17.4 Å². The van der Waals surface area contributed by atoms with E-state index in [1.807, 2.05) is 0 Å². The Kier molecular flexibility index (Phi) is 4.81. The Morgan fingerprint density at radius 1 is 1.32 bits per heavy atom. The number of aromatic nitrogens is 2. The smallest absolute Gasteiger partial charge is 0.332 e. The van der Waals surface area contributed by atoms with Crippen LogP contribution in [0.15, 0.2) is 37.6 Å². The summed E-state index contributed by atoms with van der Waals surface area (Å²) >= 11 is 10.2. The van der Waals surface area contributed by atoms with Gasteiger partial charge in [-0.1, -0.05) is 33.6 Å². The average Bonchev–Trinajstić information content (AvgIpc) is 2.91. The Bertz CT molecular complexity index is 1120. The maximum Gasteiger partial charge on any atom is 0.332 e. The number of hydrogen-bond donors (Lipinski definition) is 1. The summed E-state index contributed by atoms with van der Waals surface area (Å²) < 4.78 is 16.4. The van der Waals surface area contributed by atoms with E-state index < -0.39 is 29.6 Å². The SMILES string of the molecule is O=C(O)Cn1c(=O)n(Cc2ccc(Br)cc2F)c(=O)c2csc(Cl)c21. The molecule has 3 aromatic rings. The summed E-state index contributed by atoms with van der Waals surface area (Å²) in [4.78, 5) is 36.3. The monoisotopic (exact) mass is 446 g/mol. The van der Waals surface area contributed by atoms with Crippen LogP contribution in [0, 0.1) is 5.82 Å². The van der Waals surface area contributed by atoms with Crippen molar-refractivity contribution in [2.24, 2.45) is 0 Å². The van der Waals surface area contributed by atoms with Crippen molar-refractivity contribution in [1.82, 2.24) is 9.13 Å². The molecular weight excluding hydrogens is 439 g/mol. The van der Waals surface area contributed by atoms with E-state index in [0.717, 1.165) is 20.5 Å². The summed E-state index contributed by atoms with van der Waals surface area (Å²) in [5.41, 5.74) is -1.30. The number of halogens is 3. The standard InChI is InChI=1S/C15H9BrClFN2O4S/c16-8-2-1-7(10(18)3-8)4-20-14(23)9-6-25-13(17)12(9)19(15(20)24)5-11(21)22/h1-3,6H,4-5H2,(H,21,22). The molecule has 0 saturated heterocycles. The molecule has 0 amide bonds. The Balaban J connectivity index is 2.26. The van der Waals surface area contributed by atoms with Crippen LogP contribution in [-0.4, -0.2) is 20.2 Å². The lowest BCUT2D eigenvalue weighted by atomic mass is 10.2. The molecule has 0 radical (unpaired) electrons. The van der Waals surface area contributed by atoms with Gasteiger partial charge in [-0.05, 0) is 12.1 Å². The first kappa shape index (κ1) is 17.8. The number of nitrogens with zero attached hydrogens (tertiary/aromatic N) is 2. The van der Waals surface area contributed by atoms with E-state index in [-0.39, 0.29) is 27.3 Å². The Morgan fingerprint density at radius 3 is 2.68 bits per heavy atom. The second-order valence-corrected chi connectivity index (χ2v) is 7.56. The molecule has 0 spiro atoms. The van der Waals surface area contributed by atoms with Gasteiger partial charge in [0.25, 0.3) is 5.56 Å². The van der Waals surface area contributed by atoms with Gasteiger partial charge in [0.15, 0.2) is 0 Å². The third kappa shape index (κ3) is 3.26. The van der Waals surface area contributed by atoms with Crippen LogP contribution < -0.4 is 11.2 Å². The van der Waals surface area contributed by atoms with Gasteiger partial charge in [-0.15, -0.1) is 11.3 Å². The maximum absolute atomic E-state index is 14.1. The minimum Gasteiger partial charge on any atom is -0.480 e. The minimum absolute atomic E-state index is 0.0802. The van der Waals surface area contributed by atoms with E-state index in [9.17, 15) is 18.8 Å². The summed E-state index contributed by atoms with van der Waals surface area (Å²) in [6.07, 6.45) is 0. The summed E-state index contributed by atoms with van der Waals surface area (Å²) in [6.45, 7) is -0.977. The normalized spacial score (nSPS) is 11.2. The van der Waals surface area contributed by atoms with E-state index in [2.05, 4.69) is 15.9 Å². The van der Waals surface area contributed by atoms with Crippen LogP contribution in [0.5, 0.6) is 0 Å². The third-order valence-electron chi connectivity index (χ3n) is 3.57. The summed E-state index contributed by atoms with van der Waals surface area (Å²) in [6, 6.07) is 4.24. The van der Waals surface area contributed by atoms with Crippen LogP contribution in [0.1, 0.15) is 5.56 Å². The molecule has 0 saturated carbocycles. The second kappa shape index (κ2) is 6.74. The van der Waals surface area contributed by atoms with Crippen LogP contribution in [0.4, 0.5) is 4.39 Å². The lowest BCUT2D eigenvalue weighted by Gasteiger charge is -2.11. The predicted octanol–water partition coefficient (Wildman–Crippen LogP) is 2.91. The molecule has 2 aromatic heterocycles. The van der Waals surface area contributed by atoms with E-state index in [0.29, 0.717) is 4.47 Å². The van der Waals surface area contributed by atoms with Gasteiger partial charge in [0.2, 0.25) is 0 Å². The molecule has 0 aliphatic rings. The number of rotatable bonds is 4. The zero-order chi connectivity index (χ0) is 18.3. The number of carboxylic acids is 1. The fraction of sp³-hybridized carbons (Fsp3) is 0.133. The molecule has 3 rings (SSSR count). The highest BCUT2D eigenvalue weighted by atomic mass is 79.9. The lowest BCUT2D eigenvalue weighted by molar-refractivity contribution is -0.137. The number of carboxylic acid groups (broad SMARTS) is 1. The molecule has 10 heteroatoms. The topological polar surface area (TPSA) is 81.3 Å². The largest absolute Gasteiger partial charge is 0.480 e. The van der Waals surface area contributed by atoms with Crippen molar-refractivity contribution in [2.45, 2.75) is 13.1 Å². The van der Waals surface area contributed by atoms with Crippen molar-refractivity contribution >= 4 is 55.7 Å². The van der Waals surface area contributed by atoms with Gasteiger partial charge in [-0.2, -0.15) is 0 Å². The number of fused-ring (bicyclic) bond motifs is 1. The van der Waals surface area contributed by atoms with Crippen LogP contribution in [0.25, 0.3) is 10.9 Å². The quantitative estimate of drug-likeness (QED) is 0.667. The summed E-state index contributed by atoms with van der Waals surface area (Å²) in [5, 5.41) is 10.6. The molecule has 0 unspecified atom stereocenters. The van der Waals surface area contributed by atoms with E-state index >= 15 is 0 Å². The maximum atomic E-state index is 14.1. The van der Waals surface area contributed by atoms with Crippen LogP contribution in [-0.2, 0) is 17.9 Å². The molecule has 130 valence electrons.